The van der Waals surface area contributed by atoms with Crippen LogP contribution < -0.4 is 10.2 Å². The number of nitrogens with zero attached hydrogens (tertiary/aromatic N) is 2. The van der Waals surface area contributed by atoms with Gasteiger partial charge in [0.25, 0.3) is 5.91 Å². The number of fused-ring (bicyclic) bond motifs is 1. The van der Waals surface area contributed by atoms with E-state index in [1.165, 1.54) is 16.9 Å². The van der Waals surface area contributed by atoms with Crippen LogP contribution in [0.4, 0.5) is 5.69 Å². The summed E-state index contributed by atoms with van der Waals surface area (Å²) >= 11 is 6.64. The highest BCUT2D eigenvalue weighted by Crippen LogP contribution is 2.59. The SMILES string of the molecule is C=CCCC(=O)N[C@@H](COC)[C@@H](OC(=O)[C@@H]1[C@H]2C(=O)N([C@@H](CO)Cc3ccccc3)[C@H](C(=O)N(CC=C)c3ccccc3Cl)[C@]23CC[C@H]1O3)c1ccccc1. The minimum absolute atomic E-state index is 0.0345. The minimum atomic E-state index is -1.40. The molecule has 3 aliphatic heterocycles. The van der Waals surface area contributed by atoms with Gasteiger partial charge in [0, 0.05) is 20.1 Å². The smallest absolute Gasteiger partial charge is 0.313 e. The van der Waals surface area contributed by atoms with Gasteiger partial charge in [0.2, 0.25) is 11.8 Å². The normalized spacial score (nSPS) is 24.1. The number of aliphatic hydroxyl groups excluding tert-OH is 1. The molecule has 3 aliphatic rings. The van der Waals surface area contributed by atoms with Gasteiger partial charge in [-0.2, -0.15) is 0 Å². The molecule has 3 amide bonds. The number of carbonyl (C=O) groups is 4. The molecule has 0 aromatic heterocycles. The van der Waals surface area contributed by atoms with E-state index in [-0.39, 0.29) is 31.9 Å². The molecule has 3 saturated heterocycles. The molecular formula is C43H48ClN3O8. The molecule has 6 rings (SSSR count). The number of allylic oxidation sites excluding steroid dienone is 1. The Morgan fingerprint density at radius 3 is 2.40 bits per heavy atom. The molecular weight excluding hydrogens is 722 g/mol. The molecule has 290 valence electrons. The number of hydrogen-bond acceptors (Lipinski definition) is 8. The fraction of sp³-hybridized carbons (Fsp3) is 0.395. The van der Waals surface area contributed by atoms with Crippen LogP contribution in [0.5, 0.6) is 0 Å². The Labute approximate surface area is 326 Å². The van der Waals surface area contributed by atoms with E-state index in [0.717, 1.165) is 5.56 Å². The Hall–Kier alpha value is -4.81. The zero-order valence-corrected chi connectivity index (χ0v) is 31.7. The van der Waals surface area contributed by atoms with E-state index in [4.69, 9.17) is 25.8 Å². The number of rotatable bonds is 18. The number of aliphatic hydroxyl groups is 1. The first-order chi connectivity index (χ1) is 26.7. The number of nitrogens with one attached hydrogen (secondary N) is 1. The number of methoxy groups -OCH3 is 1. The van der Waals surface area contributed by atoms with Crippen LogP contribution in [0.3, 0.4) is 0 Å². The lowest BCUT2D eigenvalue weighted by Crippen LogP contribution is -2.59. The maximum Gasteiger partial charge on any atom is 0.313 e. The number of anilines is 1. The molecule has 11 nitrogen and oxygen atoms in total. The fourth-order valence-corrected chi connectivity index (χ4v) is 8.79. The number of esters is 1. The maximum absolute atomic E-state index is 15.1. The summed E-state index contributed by atoms with van der Waals surface area (Å²) in [6.07, 6.45) is 3.16. The van der Waals surface area contributed by atoms with Crippen LogP contribution >= 0.6 is 11.6 Å². The van der Waals surface area contributed by atoms with Crippen molar-refractivity contribution in [2.45, 2.75) is 68.0 Å². The van der Waals surface area contributed by atoms with Crippen LogP contribution in [-0.2, 0) is 39.8 Å². The van der Waals surface area contributed by atoms with E-state index < -0.39 is 72.2 Å². The minimum Gasteiger partial charge on any atom is -0.455 e. The third kappa shape index (κ3) is 7.98. The van der Waals surface area contributed by atoms with Crippen molar-refractivity contribution in [1.82, 2.24) is 10.2 Å². The van der Waals surface area contributed by atoms with Crippen LogP contribution in [0.1, 0.15) is 42.9 Å². The Morgan fingerprint density at radius 2 is 1.75 bits per heavy atom. The topological polar surface area (TPSA) is 135 Å². The quantitative estimate of drug-likeness (QED) is 0.133. The molecule has 3 fully saturated rings. The first-order valence-corrected chi connectivity index (χ1v) is 19.0. The number of amides is 3. The van der Waals surface area contributed by atoms with E-state index in [0.29, 0.717) is 35.5 Å². The van der Waals surface area contributed by atoms with Crippen LogP contribution in [0.25, 0.3) is 0 Å². The summed E-state index contributed by atoms with van der Waals surface area (Å²) in [5.41, 5.74) is 0.505. The standard InChI is InChI=1S/C43H48ClN3O8/c1-4-6-21-35(49)45-32(27-53-3)38(29-17-11-8-12-18-29)54-42(52)36-34-22-23-43(55-34)37(36)40(50)47(30(26-48)25-28-15-9-7-10-16-28)39(43)41(51)46(24-5-2)33-20-14-13-19-31(33)44/h4-5,7-20,30,32,34,36-39,48H,1-2,6,21-27H2,3H3,(H,45,49)/t30-,32+,34-,36+,37+,38+,39-,43+/m1/s1. The van der Waals surface area contributed by atoms with Gasteiger partial charge in [-0.05, 0) is 48.9 Å². The predicted octanol–water partition coefficient (Wildman–Crippen LogP) is 5.22. The lowest BCUT2D eigenvalue weighted by Gasteiger charge is -2.39. The van der Waals surface area contributed by atoms with Gasteiger partial charge in [0.1, 0.15) is 17.7 Å². The molecule has 3 aromatic carbocycles. The summed E-state index contributed by atoms with van der Waals surface area (Å²) in [5.74, 6) is -4.05. The highest BCUT2D eigenvalue weighted by atomic mass is 35.5. The van der Waals surface area contributed by atoms with Gasteiger partial charge in [0.05, 0.1) is 53.9 Å². The zero-order chi connectivity index (χ0) is 39.1. The fourth-order valence-electron chi connectivity index (χ4n) is 8.55. The molecule has 0 unspecified atom stereocenters. The number of ether oxygens (including phenoxy) is 3. The predicted molar refractivity (Wildman–Crippen MR) is 208 cm³/mol. The van der Waals surface area contributed by atoms with Crippen molar-refractivity contribution >= 4 is 41.0 Å². The average molecular weight is 770 g/mol. The van der Waals surface area contributed by atoms with Crippen molar-refractivity contribution in [3.63, 3.8) is 0 Å². The second-order valence-corrected chi connectivity index (χ2v) is 14.6. The van der Waals surface area contributed by atoms with E-state index in [1.54, 1.807) is 60.7 Å². The van der Waals surface area contributed by atoms with Crippen molar-refractivity contribution < 1.29 is 38.5 Å². The lowest BCUT2D eigenvalue weighted by atomic mass is 9.70. The van der Waals surface area contributed by atoms with Crippen LogP contribution in [-0.4, -0.2) is 90.4 Å². The van der Waals surface area contributed by atoms with Gasteiger partial charge in [-0.15, -0.1) is 13.2 Å². The second-order valence-electron chi connectivity index (χ2n) is 14.2. The number of carbonyl (C=O) groups excluding carboxylic acids is 4. The average Bonchev–Trinajstić information content (AvgIpc) is 3.85. The lowest BCUT2D eigenvalue weighted by molar-refractivity contribution is -0.163. The van der Waals surface area contributed by atoms with Crippen LogP contribution in [0.15, 0.2) is 110 Å². The summed E-state index contributed by atoms with van der Waals surface area (Å²) in [5, 5.41) is 14.2. The number of likely N-dealkylation sites (tertiary alicyclic amines) is 1. The van der Waals surface area contributed by atoms with Crippen LogP contribution in [0, 0.1) is 11.8 Å². The van der Waals surface area contributed by atoms with E-state index in [1.807, 2.05) is 36.4 Å². The van der Waals surface area contributed by atoms with Crippen molar-refractivity contribution in [2.75, 3.05) is 31.8 Å². The number of hydrogen-bond donors (Lipinski definition) is 2. The summed E-state index contributed by atoms with van der Waals surface area (Å²) in [4.78, 5) is 60.7. The monoisotopic (exact) mass is 769 g/mol. The third-order valence-corrected chi connectivity index (χ3v) is 11.2. The van der Waals surface area contributed by atoms with Gasteiger partial charge in [0.15, 0.2) is 0 Å². The Morgan fingerprint density at radius 1 is 1.05 bits per heavy atom. The maximum atomic E-state index is 15.1. The third-order valence-electron chi connectivity index (χ3n) is 10.9. The zero-order valence-electron chi connectivity index (χ0n) is 30.9. The second kappa shape index (κ2) is 17.8. The van der Waals surface area contributed by atoms with Crippen LogP contribution in [0.2, 0.25) is 5.02 Å². The van der Waals surface area contributed by atoms with Crippen molar-refractivity contribution in [3.8, 4) is 0 Å². The first kappa shape index (κ1) is 39.9. The molecule has 3 aromatic rings. The molecule has 12 heteroatoms. The van der Waals surface area contributed by atoms with Gasteiger partial charge in [-0.3, -0.25) is 19.2 Å². The molecule has 1 spiro atoms. The Bertz CT molecular complexity index is 1860. The molecule has 2 N–H and O–H groups in total. The molecule has 0 saturated carbocycles. The summed E-state index contributed by atoms with van der Waals surface area (Å²) in [6.45, 7) is 7.24. The molecule has 55 heavy (non-hydrogen) atoms. The Kier molecular flexibility index (Phi) is 12.9. The largest absolute Gasteiger partial charge is 0.455 e. The van der Waals surface area contributed by atoms with Gasteiger partial charge in [-0.25, -0.2) is 0 Å². The van der Waals surface area contributed by atoms with Gasteiger partial charge >= 0.3 is 5.97 Å². The van der Waals surface area contributed by atoms with Crippen molar-refractivity contribution in [3.05, 3.63) is 126 Å². The van der Waals surface area contributed by atoms with E-state index in [9.17, 15) is 14.7 Å². The van der Waals surface area contributed by atoms with Gasteiger partial charge in [-0.1, -0.05) is 96.5 Å². The number of para-hydroxylation sites is 1. The first-order valence-electron chi connectivity index (χ1n) is 18.6. The highest BCUT2D eigenvalue weighted by molar-refractivity contribution is 6.34. The molecule has 3 heterocycles. The summed E-state index contributed by atoms with van der Waals surface area (Å²) in [7, 11) is 1.49. The summed E-state index contributed by atoms with van der Waals surface area (Å²) in [6, 6.07) is 22.6. The summed E-state index contributed by atoms with van der Waals surface area (Å²) < 4.78 is 18.6. The van der Waals surface area contributed by atoms with Gasteiger partial charge < -0.3 is 34.4 Å². The van der Waals surface area contributed by atoms with E-state index in [2.05, 4.69) is 18.5 Å². The highest BCUT2D eigenvalue weighted by Gasteiger charge is 2.76. The molecule has 8 atom stereocenters. The number of halogens is 1. The van der Waals surface area contributed by atoms with E-state index >= 15 is 9.59 Å². The molecule has 2 bridgehead atoms. The Balaban J connectivity index is 1.39. The van der Waals surface area contributed by atoms with Crippen molar-refractivity contribution in [2.24, 2.45) is 11.8 Å². The molecule has 0 radical (unpaired) electrons. The molecule has 0 aliphatic carbocycles. The van der Waals surface area contributed by atoms with Crippen molar-refractivity contribution in [1.29, 1.82) is 0 Å². The number of benzene rings is 3.